The van der Waals surface area contributed by atoms with Crippen molar-refractivity contribution < 1.29 is 27.5 Å². The summed E-state index contributed by atoms with van der Waals surface area (Å²) in [5, 5.41) is 19.3. The van der Waals surface area contributed by atoms with Gasteiger partial charge in [-0.05, 0) is 18.9 Å². The van der Waals surface area contributed by atoms with Crippen molar-refractivity contribution in [3.63, 3.8) is 0 Å². The third-order valence-electron chi connectivity index (χ3n) is 3.66. The minimum atomic E-state index is -3.45. The molecule has 1 amide bonds. The van der Waals surface area contributed by atoms with Gasteiger partial charge in [0.1, 0.15) is 5.71 Å². The molecule has 0 aromatic carbocycles. The van der Waals surface area contributed by atoms with Crippen LogP contribution in [0.15, 0.2) is 11.2 Å². The first-order chi connectivity index (χ1) is 10.3. The second-order valence-corrected chi connectivity index (χ2v) is 5.35. The summed E-state index contributed by atoms with van der Waals surface area (Å²) >= 11 is 0. The van der Waals surface area contributed by atoms with Crippen molar-refractivity contribution in [2.75, 3.05) is 0 Å². The number of H-pyrrole nitrogens is 1. The number of aromatic nitrogens is 2. The Hall–Kier alpha value is -1.97. The summed E-state index contributed by atoms with van der Waals surface area (Å²) in [6.07, 6.45) is -5.83. The lowest BCUT2D eigenvalue weighted by molar-refractivity contribution is -0.164. The molecule has 0 bridgehead atoms. The van der Waals surface area contributed by atoms with Gasteiger partial charge in [0.25, 0.3) is 18.8 Å². The molecular formula is C12H12F4N4O2. The number of aromatic amines is 1. The minimum Gasteiger partial charge on any atom is -0.364 e. The monoisotopic (exact) mass is 320 g/mol. The second kappa shape index (κ2) is 5.04. The number of halogens is 4. The van der Waals surface area contributed by atoms with Crippen LogP contribution in [0.1, 0.15) is 41.4 Å². The highest BCUT2D eigenvalue weighted by atomic mass is 19.3. The van der Waals surface area contributed by atoms with E-state index < -0.39 is 36.6 Å². The zero-order valence-electron chi connectivity index (χ0n) is 11.1. The molecule has 2 N–H and O–H groups in total. The quantitative estimate of drug-likeness (QED) is 0.829. The Kier molecular flexibility index (Phi) is 3.42. The molecule has 1 aromatic rings. The third-order valence-corrected chi connectivity index (χ3v) is 3.66. The molecular weight excluding hydrogens is 308 g/mol. The van der Waals surface area contributed by atoms with Gasteiger partial charge in [-0.2, -0.15) is 15.2 Å². The van der Waals surface area contributed by atoms with Gasteiger partial charge < -0.3 is 5.11 Å². The van der Waals surface area contributed by atoms with Gasteiger partial charge in [0.15, 0.2) is 5.69 Å². The molecule has 1 saturated carbocycles. The molecule has 6 nitrogen and oxygen atoms in total. The molecule has 1 fully saturated rings. The van der Waals surface area contributed by atoms with E-state index in [9.17, 15) is 27.5 Å². The standard InChI is InChI=1S/C12H12F4N4O2/c13-9(14)8-4-12(22,11(15)16)20(19-8)10(21)7-3-6(17-18-7)5-1-2-5/h3,5,9,11,22H,1-2,4H2,(H,17,18)/t12-/m1/s1. The molecule has 3 rings (SSSR count). The molecule has 0 spiro atoms. The Morgan fingerprint density at radius 2 is 2.09 bits per heavy atom. The fraction of sp³-hybridized carbons (Fsp3) is 0.583. The maximum Gasteiger partial charge on any atom is 0.297 e. The fourth-order valence-electron chi connectivity index (χ4n) is 2.26. The summed E-state index contributed by atoms with van der Waals surface area (Å²) in [5.74, 6) is -0.914. The van der Waals surface area contributed by atoms with Crippen molar-refractivity contribution in [2.24, 2.45) is 5.10 Å². The van der Waals surface area contributed by atoms with E-state index in [0.29, 0.717) is 5.69 Å². The number of hydrogen-bond donors (Lipinski definition) is 2. The lowest BCUT2D eigenvalue weighted by Crippen LogP contribution is -2.51. The van der Waals surface area contributed by atoms with Crippen LogP contribution in [0.4, 0.5) is 17.6 Å². The lowest BCUT2D eigenvalue weighted by atomic mass is 10.1. The number of carbonyl (C=O) groups is 1. The number of aliphatic hydroxyl groups is 1. The van der Waals surface area contributed by atoms with Crippen LogP contribution < -0.4 is 0 Å². The van der Waals surface area contributed by atoms with E-state index in [1.165, 1.54) is 6.07 Å². The minimum absolute atomic E-state index is 0.00596. The number of rotatable bonds is 4. The van der Waals surface area contributed by atoms with E-state index >= 15 is 0 Å². The normalized spacial score (nSPS) is 25.2. The van der Waals surface area contributed by atoms with E-state index in [1.54, 1.807) is 0 Å². The van der Waals surface area contributed by atoms with E-state index in [0.717, 1.165) is 12.8 Å². The maximum absolute atomic E-state index is 13.0. The third kappa shape index (κ3) is 2.36. The molecule has 120 valence electrons. The van der Waals surface area contributed by atoms with Gasteiger partial charge in [-0.25, -0.2) is 17.6 Å². The number of alkyl halides is 4. The molecule has 0 saturated heterocycles. The second-order valence-electron chi connectivity index (χ2n) is 5.35. The Labute approximate surface area is 121 Å². The van der Waals surface area contributed by atoms with Crippen molar-refractivity contribution in [1.29, 1.82) is 0 Å². The molecule has 1 aliphatic heterocycles. The molecule has 2 heterocycles. The van der Waals surface area contributed by atoms with Crippen molar-refractivity contribution in [3.05, 3.63) is 17.5 Å². The highest BCUT2D eigenvalue weighted by molar-refractivity contribution is 5.98. The van der Waals surface area contributed by atoms with Gasteiger partial charge in [-0.1, -0.05) is 0 Å². The largest absolute Gasteiger partial charge is 0.364 e. The first-order valence-corrected chi connectivity index (χ1v) is 6.59. The fourth-order valence-corrected chi connectivity index (χ4v) is 2.26. The summed E-state index contributed by atoms with van der Waals surface area (Å²) < 4.78 is 51.4. The average Bonchev–Trinajstić information content (AvgIpc) is 3.07. The van der Waals surface area contributed by atoms with Crippen molar-refractivity contribution in [3.8, 4) is 0 Å². The van der Waals surface area contributed by atoms with Crippen LogP contribution in [0.5, 0.6) is 0 Å². The Balaban J connectivity index is 1.89. The van der Waals surface area contributed by atoms with Crippen molar-refractivity contribution >= 4 is 11.6 Å². The first kappa shape index (κ1) is 14.9. The molecule has 1 atom stereocenters. The van der Waals surface area contributed by atoms with Crippen LogP contribution in [-0.4, -0.2) is 50.5 Å². The van der Waals surface area contributed by atoms with E-state index in [1.807, 2.05) is 0 Å². The predicted molar refractivity (Wildman–Crippen MR) is 65.7 cm³/mol. The maximum atomic E-state index is 13.0. The number of hydrazone groups is 1. The van der Waals surface area contributed by atoms with Gasteiger partial charge in [0.05, 0.1) is 0 Å². The molecule has 0 unspecified atom stereocenters. The van der Waals surface area contributed by atoms with Gasteiger partial charge in [-0.15, -0.1) is 0 Å². The van der Waals surface area contributed by atoms with Crippen molar-refractivity contribution in [1.82, 2.24) is 15.2 Å². The van der Waals surface area contributed by atoms with Crippen molar-refractivity contribution in [2.45, 2.75) is 43.8 Å². The summed E-state index contributed by atoms with van der Waals surface area (Å²) in [6, 6.07) is 1.36. The van der Waals surface area contributed by atoms with Gasteiger partial charge in [-0.3, -0.25) is 9.89 Å². The highest BCUT2D eigenvalue weighted by Crippen LogP contribution is 2.39. The van der Waals surface area contributed by atoms with Gasteiger partial charge in [0.2, 0.25) is 5.72 Å². The summed E-state index contributed by atoms with van der Waals surface area (Å²) in [7, 11) is 0. The molecule has 10 heteroatoms. The van der Waals surface area contributed by atoms with Crippen LogP contribution in [-0.2, 0) is 0 Å². The number of nitrogens with zero attached hydrogens (tertiary/aromatic N) is 3. The lowest BCUT2D eigenvalue weighted by Gasteiger charge is -2.29. The van der Waals surface area contributed by atoms with Crippen LogP contribution in [0.2, 0.25) is 0 Å². The summed E-state index contributed by atoms with van der Waals surface area (Å²) in [4.78, 5) is 12.2. The number of hydrogen-bond acceptors (Lipinski definition) is 4. The molecule has 1 aromatic heterocycles. The SMILES string of the molecule is O=C(c1cc(C2CC2)[nH]n1)N1N=C(C(F)F)C[C@@]1(O)C(F)F. The van der Waals surface area contributed by atoms with E-state index in [2.05, 4.69) is 15.3 Å². The summed E-state index contributed by atoms with van der Waals surface area (Å²) in [6.45, 7) is 0. The zero-order chi connectivity index (χ0) is 16.1. The first-order valence-electron chi connectivity index (χ1n) is 6.59. The highest BCUT2D eigenvalue weighted by Gasteiger charge is 2.53. The Bertz CT molecular complexity index is 628. The van der Waals surface area contributed by atoms with Gasteiger partial charge >= 0.3 is 0 Å². The smallest absolute Gasteiger partial charge is 0.297 e. The molecule has 2 aliphatic rings. The van der Waals surface area contributed by atoms with Crippen LogP contribution >= 0.6 is 0 Å². The molecule has 0 radical (unpaired) electrons. The number of amides is 1. The zero-order valence-corrected chi connectivity index (χ0v) is 11.1. The van der Waals surface area contributed by atoms with Crippen LogP contribution in [0.3, 0.4) is 0 Å². The molecule has 22 heavy (non-hydrogen) atoms. The predicted octanol–water partition coefficient (Wildman–Crippen LogP) is 1.71. The van der Waals surface area contributed by atoms with Crippen LogP contribution in [0.25, 0.3) is 0 Å². The number of carbonyl (C=O) groups excluding carboxylic acids is 1. The van der Waals surface area contributed by atoms with E-state index in [4.69, 9.17) is 0 Å². The number of nitrogens with one attached hydrogen (secondary N) is 1. The summed E-state index contributed by atoms with van der Waals surface area (Å²) in [5.41, 5.74) is -3.63. The molecule has 1 aliphatic carbocycles. The topological polar surface area (TPSA) is 81.6 Å². The Morgan fingerprint density at radius 3 is 2.64 bits per heavy atom. The van der Waals surface area contributed by atoms with E-state index in [-0.39, 0.29) is 16.6 Å². The average molecular weight is 320 g/mol. The van der Waals surface area contributed by atoms with Crippen LogP contribution in [0, 0.1) is 0 Å². The Morgan fingerprint density at radius 1 is 1.41 bits per heavy atom. The van der Waals surface area contributed by atoms with Gasteiger partial charge in [0, 0.05) is 18.0 Å².